The van der Waals surface area contributed by atoms with E-state index in [1.807, 2.05) is 0 Å². The highest BCUT2D eigenvalue weighted by atomic mass is 16.7. The van der Waals surface area contributed by atoms with E-state index in [0.717, 1.165) is 0 Å². The molecule has 1 aliphatic heterocycles. The van der Waals surface area contributed by atoms with Gasteiger partial charge < -0.3 is 35.6 Å². The number of hydrogen-bond donors (Lipinski definition) is 5. The second-order valence-electron chi connectivity index (χ2n) is 9.79. The number of rotatable bonds is 3. The van der Waals surface area contributed by atoms with E-state index in [4.69, 9.17) is 15.2 Å². The van der Waals surface area contributed by atoms with E-state index in [1.54, 1.807) is 26.0 Å². The number of benzene rings is 2. The largest absolute Gasteiger partial charge is 0.507 e. The molecule has 5 rings (SSSR count). The van der Waals surface area contributed by atoms with E-state index >= 15 is 0 Å². The summed E-state index contributed by atoms with van der Waals surface area (Å²) in [6, 6.07) is 5.65. The lowest BCUT2D eigenvalue weighted by Gasteiger charge is -2.42. The van der Waals surface area contributed by atoms with Crippen molar-refractivity contribution in [3.63, 3.8) is 0 Å². The molecule has 2 aliphatic carbocycles. The molecule has 2 aromatic rings. The van der Waals surface area contributed by atoms with E-state index in [0.29, 0.717) is 6.42 Å². The summed E-state index contributed by atoms with van der Waals surface area (Å²) < 4.78 is 11.9. The van der Waals surface area contributed by atoms with E-state index in [2.05, 4.69) is 0 Å². The van der Waals surface area contributed by atoms with Gasteiger partial charge in [0, 0.05) is 47.6 Å². The molecule has 35 heavy (non-hydrogen) atoms. The Balaban J connectivity index is 1.64. The Morgan fingerprint density at radius 2 is 1.71 bits per heavy atom. The molecule has 1 saturated heterocycles. The summed E-state index contributed by atoms with van der Waals surface area (Å²) in [5, 5.41) is 44.0. The van der Waals surface area contributed by atoms with Crippen molar-refractivity contribution in [2.45, 2.75) is 75.8 Å². The summed E-state index contributed by atoms with van der Waals surface area (Å²) in [6.45, 7) is 3.45. The predicted octanol–water partition coefficient (Wildman–Crippen LogP) is 1.84. The fourth-order valence-corrected chi connectivity index (χ4v) is 5.50. The summed E-state index contributed by atoms with van der Waals surface area (Å²) in [6.07, 6.45) is -2.76. The summed E-state index contributed by atoms with van der Waals surface area (Å²) in [4.78, 5) is 26.6. The number of nitrogens with two attached hydrogens (primary N) is 1. The maximum absolute atomic E-state index is 13.3. The van der Waals surface area contributed by atoms with Crippen molar-refractivity contribution < 1.29 is 39.5 Å². The number of aliphatic hydroxyl groups excluding tert-OH is 1. The van der Waals surface area contributed by atoms with Crippen LogP contribution in [0.15, 0.2) is 24.3 Å². The zero-order valence-electron chi connectivity index (χ0n) is 19.5. The quantitative estimate of drug-likeness (QED) is 0.350. The third-order valence-electron chi connectivity index (χ3n) is 7.58. The van der Waals surface area contributed by atoms with Crippen LogP contribution in [0.25, 0.3) is 0 Å². The van der Waals surface area contributed by atoms with E-state index in [1.165, 1.54) is 12.1 Å². The maximum Gasteiger partial charge on any atom is 0.198 e. The highest BCUT2D eigenvalue weighted by molar-refractivity contribution is 6.30. The molecule has 6 N–H and O–H groups in total. The van der Waals surface area contributed by atoms with Crippen LogP contribution in [0.1, 0.15) is 82.2 Å². The lowest BCUT2D eigenvalue weighted by atomic mass is 9.72. The minimum Gasteiger partial charge on any atom is -0.507 e. The summed E-state index contributed by atoms with van der Waals surface area (Å²) in [5.41, 5.74) is 4.79. The molecule has 3 aliphatic rings. The Hall–Kier alpha value is -2.82. The van der Waals surface area contributed by atoms with Crippen LogP contribution in [0.2, 0.25) is 0 Å². The average Bonchev–Trinajstić information content (AvgIpc) is 2.83. The van der Waals surface area contributed by atoms with Crippen LogP contribution in [0.3, 0.4) is 0 Å². The number of ether oxygens (including phenoxy) is 2. The molecule has 0 amide bonds. The van der Waals surface area contributed by atoms with E-state index in [9.17, 15) is 30.0 Å². The van der Waals surface area contributed by atoms with Gasteiger partial charge in [-0.25, -0.2) is 0 Å². The van der Waals surface area contributed by atoms with Gasteiger partial charge in [-0.15, -0.1) is 0 Å². The van der Waals surface area contributed by atoms with Crippen LogP contribution in [0.5, 0.6) is 11.5 Å². The molecule has 2 aromatic carbocycles. The lowest BCUT2D eigenvalue weighted by Crippen LogP contribution is -2.52. The van der Waals surface area contributed by atoms with E-state index in [-0.39, 0.29) is 52.6 Å². The van der Waals surface area contributed by atoms with Gasteiger partial charge in [-0.2, -0.15) is 0 Å². The number of aromatic hydroxyl groups is 2. The first-order valence-corrected chi connectivity index (χ1v) is 11.8. The number of carbonyl (C=O) groups excluding carboxylic acids is 2. The van der Waals surface area contributed by atoms with E-state index < -0.39 is 59.3 Å². The van der Waals surface area contributed by atoms with Crippen molar-refractivity contribution in [2.24, 2.45) is 5.73 Å². The first kappa shape index (κ1) is 23.9. The van der Waals surface area contributed by atoms with Crippen LogP contribution in [0, 0.1) is 0 Å². The van der Waals surface area contributed by atoms with Gasteiger partial charge in [0.15, 0.2) is 17.9 Å². The molecule has 0 saturated carbocycles. The first-order chi connectivity index (χ1) is 16.6. The zero-order chi connectivity index (χ0) is 25.2. The van der Waals surface area contributed by atoms with Gasteiger partial charge >= 0.3 is 0 Å². The number of phenols is 2. The number of phenolic OH excluding ortho intramolecular Hbond substituents is 2. The molecule has 6 atom stereocenters. The Labute approximate surface area is 202 Å². The van der Waals surface area contributed by atoms with Gasteiger partial charge in [-0.05, 0) is 13.3 Å². The number of fused-ring (bicyclic) bond motifs is 3. The third kappa shape index (κ3) is 3.66. The van der Waals surface area contributed by atoms with Crippen molar-refractivity contribution >= 4 is 11.6 Å². The molecule has 1 heterocycles. The smallest absolute Gasteiger partial charge is 0.198 e. The third-order valence-corrected chi connectivity index (χ3v) is 7.58. The first-order valence-electron chi connectivity index (χ1n) is 11.8. The number of carbonyl (C=O) groups is 2. The standard InChI is InChI=1S/C26H29NO8/c1-3-26(33)9-14-18(16(10-26)35-17-8-15(27)21(28)11(2)34-17)25(32)20-19(24(14)31)22(29)12-6-4-5-7-13(12)23(20)30/h4-7,11,15-17,21,28,31-33H,3,8-10,27H2,1-2H3/t11-,15-,16-,17-,21-,26+/m0/s1. The number of aliphatic hydroxyl groups is 2. The van der Waals surface area contributed by atoms with Crippen LogP contribution in [-0.4, -0.2) is 62.1 Å². The highest BCUT2D eigenvalue weighted by Crippen LogP contribution is 2.52. The van der Waals surface area contributed by atoms with Crippen LogP contribution >= 0.6 is 0 Å². The fourth-order valence-electron chi connectivity index (χ4n) is 5.50. The molecular weight excluding hydrogens is 454 g/mol. The van der Waals surface area contributed by atoms with Crippen molar-refractivity contribution in [1.29, 1.82) is 0 Å². The molecule has 9 nitrogen and oxygen atoms in total. The predicted molar refractivity (Wildman–Crippen MR) is 123 cm³/mol. The Morgan fingerprint density at radius 1 is 1.11 bits per heavy atom. The second-order valence-corrected chi connectivity index (χ2v) is 9.79. The van der Waals surface area contributed by atoms with Gasteiger partial charge in [0.05, 0.1) is 35.0 Å². The minimum absolute atomic E-state index is 0.0331. The lowest BCUT2D eigenvalue weighted by molar-refractivity contribution is -0.247. The molecular formula is C26H29NO8. The summed E-state index contributed by atoms with van der Waals surface area (Å²) >= 11 is 0. The molecule has 0 unspecified atom stereocenters. The van der Waals surface area contributed by atoms with Gasteiger partial charge in [-0.1, -0.05) is 31.2 Å². The van der Waals surface area contributed by atoms with Crippen molar-refractivity contribution in [2.75, 3.05) is 0 Å². The molecule has 0 spiro atoms. The molecule has 9 heteroatoms. The average molecular weight is 484 g/mol. The maximum atomic E-state index is 13.3. The van der Waals surface area contributed by atoms with Gasteiger partial charge in [0.1, 0.15) is 11.5 Å². The Bertz CT molecular complexity index is 1210. The fraction of sp³-hybridized carbons (Fsp3) is 0.462. The van der Waals surface area contributed by atoms with Crippen LogP contribution in [-0.2, 0) is 15.9 Å². The summed E-state index contributed by atoms with van der Waals surface area (Å²) in [7, 11) is 0. The normalized spacial score (nSPS) is 32.1. The topological polar surface area (TPSA) is 160 Å². The minimum atomic E-state index is -1.29. The van der Waals surface area contributed by atoms with Crippen molar-refractivity contribution in [3.8, 4) is 11.5 Å². The molecule has 0 bridgehead atoms. The monoisotopic (exact) mass is 483 g/mol. The second kappa shape index (κ2) is 8.39. The Kier molecular flexibility index (Phi) is 5.73. The van der Waals surface area contributed by atoms with Gasteiger partial charge in [0.2, 0.25) is 0 Å². The molecule has 0 aromatic heterocycles. The zero-order valence-corrected chi connectivity index (χ0v) is 19.5. The molecule has 186 valence electrons. The van der Waals surface area contributed by atoms with Gasteiger partial charge in [-0.3, -0.25) is 9.59 Å². The van der Waals surface area contributed by atoms with Gasteiger partial charge in [0.25, 0.3) is 0 Å². The molecule has 0 radical (unpaired) electrons. The van der Waals surface area contributed by atoms with Crippen molar-refractivity contribution in [1.82, 2.24) is 0 Å². The van der Waals surface area contributed by atoms with Crippen LogP contribution in [0.4, 0.5) is 0 Å². The Morgan fingerprint density at radius 3 is 2.29 bits per heavy atom. The number of hydrogen-bond acceptors (Lipinski definition) is 9. The van der Waals surface area contributed by atoms with Crippen molar-refractivity contribution in [3.05, 3.63) is 57.6 Å². The number of ketones is 2. The van der Waals surface area contributed by atoms with Crippen LogP contribution < -0.4 is 5.73 Å². The summed E-state index contributed by atoms with van der Waals surface area (Å²) in [5.74, 6) is -2.03. The molecule has 1 fully saturated rings. The SMILES string of the molecule is CC[C@@]1(O)Cc2c(O)c3c(c(O)c2[C@@H](O[C@H]2C[C@H](N)[C@@H](O)[C@H](C)O2)C1)C(=O)c1ccccc1C3=O. The highest BCUT2D eigenvalue weighted by Gasteiger charge is 2.46.